The lowest BCUT2D eigenvalue weighted by molar-refractivity contribution is 0.936. The van der Waals surface area contributed by atoms with E-state index in [2.05, 4.69) is 4.98 Å². The number of halogens is 2. The Hall–Kier alpha value is -0.570. The monoisotopic (exact) mass is 271 g/mol. The Bertz CT molecular complexity index is 481. The molecule has 2 rings (SSSR count). The van der Waals surface area contributed by atoms with Crippen LogP contribution in [0.25, 0.3) is 0 Å². The van der Waals surface area contributed by atoms with Crippen molar-refractivity contribution >= 4 is 34.5 Å². The highest BCUT2D eigenvalue weighted by Crippen LogP contribution is 2.29. The molecule has 1 aromatic carbocycles. The van der Waals surface area contributed by atoms with Crippen LogP contribution in [0.1, 0.15) is 20.8 Å². The van der Waals surface area contributed by atoms with Gasteiger partial charge < -0.3 is 0 Å². The van der Waals surface area contributed by atoms with Crippen LogP contribution in [-0.2, 0) is 6.42 Å². The highest BCUT2D eigenvalue weighted by Gasteiger charge is 2.11. The predicted molar refractivity (Wildman–Crippen MR) is 70.6 cm³/mol. The van der Waals surface area contributed by atoms with Gasteiger partial charge in [0.2, 0.25) is 0 Å². The van der Waals surface area contributed by atoms with Crippen molar-refractivity contribution in [2.24, 2.45) is 0 Å². The number of aryl methyl sites for hydroxylation is 1. The summed E-state index contributed by atoms with van der Waals surface area (Å²) in [7, 11) is 0. The maximum absolute atomic E-state index is 6.33. The highest BCUT2D eigenvalue weighted by atomic mass is 35.5. The summed E-state index contributed by atoms with van der Waals surface area (Å²) < 4.78 is 0. The van der Waals surface area contributed by atoms with E-state index in [1.54, 1.807) is 11.3 Å². The van der Waals surface area contributed by atoms with E-state index in [4.69, 9.17) is 23.2 Å². The smallest absolute Gasteiger partial charge is 0.0897 e. The fourth-order valence-corrected chi connectivity index (χ4v) is 2.84. The Balaban J connectivity index is 2.10. The van der Waals surface area contributed by atoms with Crippen molar-refractivity contribution in [1.82, 2.24) is 4.98 Å². The normalized spacial score (nSPS) is 12.7. The molecule has 0 fully saturated rings. The molecule has 1 nitrogen and oxygen atoms in total. The standard InChI is InChI=1S/C12H11Cl2NS/c1-8-15-7-12(16-8)11(14)6-9-3-2-4-10(13)5-9/h2-5,7,11H,6H2,1H3. The van der Waals surface area contributed by atoms with Gasteiger partial charge in [-0.2, -0.15) is 0 Å². The molecule has 0 bridgehead atoms. The summed E-state index contributed by atoms with van der Waals surface area (Å²) >= 11 is 13.9. The third-order valence-electron chi connectivity index (χ3n) is 2.25. The molecule has 0 aliphatic carbocycles. The number of rotatable bonds is 3. The summed E-state index contributed by atoms with van der Waals surface area (Å²) in [4.78, 5) is 5.32. The minimum Gasteiger partial charge on any atom is -0.250 e. The molecule has 0 saturated carbocycles. The van der Waals surface area contributed by atoms with Gasteiger partial charge in [-0.15, -0.1) is 22.9 Å². The number of hydrogen-bond acceptors (Lipinski definition) is 2. The largest absolute Gasteiger partial charge is 0.250 e. The summed E-state index contributed by atoms with van der Waals surface area (Å²) in [5.41, 5.74) is 1.15. The Labute approximate surface area is 109 Å². The first kappa shape index (κ1) is 11.9. The zero-order valence-electron chi connectivity index (χ0n) is 8.78. The molecular weight excluding hydrogens is 261 g/mol. The number of benzene rings is 1. The van der Waals surface area contributed by atoms with E-state index in [0.717, 1.165) is 26.9 Å². The lowest BCUT2D eigenvalue weighted by atomic mass is 10.1. The summed E-state index contributed by atoms with van der Waals surface area (Å²) in [6.45, 7) is 1.98. The molecule has 0 N–H and O–H groups in total. The second-order valence-corrected chi connectivity index (χ2v) is 5.81. The molecule has 84 valence electrons. The Morgan fingerprint density at radius 2 is 2.25 bits per heavy atom. The fourth-order valence-electron chi connectivity index (χ4n) is 1.49. The summed E-state index contributed by atoms with van der Waals surface area (Å²) in [6.07, 6.45) is 2.63. The van der Waals surface area contributed by atoms with Crippen molar-refractivity contribution in [3.63, 3.8) is 0 Å². The van der Waals surface area contributed by atoms with Gasteiger partial charge in [-0.25, -0.2) is 4.98 Å². The van der Waals surface area contributed by atoms with Crippen molar-refractivity contribution in [2.75, 3.05) is 0 Å². The van der Waals surface area contributed by atoms with Gasteiger partial charge in [-0.05, 0) is 31.0 Å². The summed E-state index contributed by atoms with van der Waals surface area (Å²) in [5.74, 6) is 0. The Morgan fingerprint density at radius 3 is 2.88 bits per heavy atom. The van der Waals surface area contributed by atoms with Gasteiger partial charge in [0.15, 0.2) is 0 Å². The molecule has 0 spiro atoms. The fraction of sp³-hybridized carbons (Fsp3) is 0.250. The second-order valence-electron chi connectivity index (χ2n) is 3.58. The first-order valence-electron chi connectivity index (χ1n) is 4.96. The first-order valence-corrected chi connectivity index (χ1v) is 6.59. The molecule has 0 amide bonds. The van der Waals surface area contributed by atoms with Crippen LogP contribution in [0, 0.1) is 6.92 Å². The Morgan fingerprint density at radius 1 is 1.44 bits per heavy atom. The third-order valence-corrected chi connectivity index (χ3v) is 4.03. The van der Waals surface area contributed by atoms with E-state index in [9.17, 15) is 0 Å². The van der Waals surface area contributed by atoms with Crippen molar-refractivity contribution in [3.05, 3.63) is 50.9 Å². The number of nitrogens with zero attached hydrogens (tertiary/aromatic N) is 1. The minimum absolute atomic E-state index is 0.0235. The van der Waals surface area contributed by atoms with E-state index >= 15 is 0 Å². The number of alkyl halides is 1. The maximum Gasteiger partial charge on any atom is 0.0897 e. The van der Waals surface area contributed by atoms with Crippen LogP contribution in [0.2, 0.25) is 5.02 Å². The van der Waals surface area contributed by atoms with E-state index in [1.807, 2.05) is 37.4 Å². The van der Waals surface area contributed by atoms with Crippen LogP contribution in [0.3, 0.4) is 0 Å². The lowest BCUT2D eigenvalue weighted by Gasteiger charge is -2.06. The van der Waals surface area contributed by atoms with Crippen molar-refractivity contribution in [3.8, 4) is 0 Å². The molecule has 0 radical (unpaired) electrons. The molecule has 0 aliphatic rings. The SMILES string of the molecule is Cc1ncc(C(Cl)Cc2cccc(Cl)c2)s1. The number of hydrogen-bond donors (Lipinski definition) is 0. The first-order chi connectivity index (χ1) is 7.65. The van der Waals surface area contributed by atoms with Crippen LogP contribution >= 0.6 is 34.5 Å². The topological polar surface area (TPSA) is 12.9 Å². The van der Waals surface area contributed by atoms with E-state index in [-0.39, 0.29) is 5.38 Å². The Kier molecular flexibility index (Phi) is 3.85. The molecular formula is C12H11Cl2NS. The maximum atomic E-state index is 6.33. The van der Waals surface area contributed by atoms with Gasteiger partial charge in [0.05, 0.1) is 10.4 Å². The summed E-state index contributed by atoms with van der Waals surface area (Å²) in [6, 6.07) is 7.80. The van der Waals surface area contributed by atoms with Crippen LogP contribution < -0.4 is 0 Å². The molecule has 2 aromatic rings. The van der Waals surface area contributed by atoms with Crippen LogP contribution in [0.15, 0.2) is 30.5 Å². The second kappa shape index (κ2) is 5.17. The molecule has 1 unspecified atom stereocenters. The van der Waals surface area contributed by atoms with Gasteiger partial charge in [0.1, 0.15) is 0 Å². The molecule has 16 heavy (non-hydrogen) atoms. The highest BCUT2D eigenvalue weighted by molar-refractivity contribution is 7.11. The molecule has 4 heteroatoms. The van der Waals surface area contributed by atoms with Crippen molar-refractivity contribution in [2.45, 2.75) is 18.7 Å². The number of aromatic nitrogens is 1. The molecule has 1 heterocycles. The quantitative estimate of drug-likeness (QED) is 0.742. The predicted octanol–water partition coefficient (Wildman–Crippen LogP) is 4.63. The number of thiazole rings is 1. The molecule has 0 saturated heterocycles. The average molecular weight is 272 g/mol. The van der Waals surface area contributed by atoms with Gasteiger partial charge >= 0.3 is 0 Å². The van der Waals surface area contributed by atoms with Gasteiger partial charge in [0, 0.05) is 16.1 Å². The van der Waals surface area contributed by atoms with Crippen LogP contribution in [0.5, 0.6) is 0 Å². The van der Waals surface area contributed by atoms with Crippen LogP contribution in [-0.4, -0.2) is 4.98 Å². The van der Waals surface area contributed by atoms with Gasteiger partial charge in [0.25, 0.3) is 0 Å². The molecule has 1 aromatic heterocycles. The molecule has 1 atom stereocenters. The zero-order valence-corrected chi connectivity index (χ0v) is 11.1. The van der Waals surface area contributed by atoms with E-state index in [1.165, 1.54) is 0 Å². The average Bonchev–Trinajstić information content (AvgIpc) is 2.65. The lowest BCUT2D eigenvalue weighted by Crippen LogP contribution is -1.93. The van der Waals surface area contributed by atoms with Crippen molar-refractivity contribution < 1.29 is 0 Å². The van der Waals surface area contributed by atoms with Gasteiger partial charge in [-0.3, -0.25) is 0 Å². The van der Waals surface area contributed by atoms with Crippen molar-refractivity contribution in [1.29, 1.82) is 0 Å². The van der Waals surface area contributed by atoms with E-state index in [0.29, 0.717) is 0 Å². The van der Waals surface area contributed by atoms with Crippen LogP contribution in [0.4, 0.5) is 0 Å². The zero-order chi connectivity index (χ0) is 11.5. The third kappa shape index (κ3) is 2.97. The van der Waals surface area contributed by atoms with Gasteiger partial charge in [-0.1, -0.05) is 23.7 Å². The van der Waals surface area contributed by atoms with E-state index < -0.39 is 0 Å². The summed E-state index contributed by atoms with van der Waals surface area (Å²) in [5, 5.41) is 1.78. The minimum atomic E-state index is -0.0235. The molecule has 0 aliphatic heterocycles.